The van der Waals surface area contributed by atoms with Gasteiger partial charge in [0.25, 0.3) is 0 Å². The van der Waals surface area contributed by atoms with Crippen LogP contribution in [0, 0.1) is 0 Å². The van der Waals surface area contributed by atoms with Crippen molar-refractivity contribution in [2.45, 2.75) is 26.2 Å². The van der Waals surface area contributed by atoms with E-state index in [9.17, 15) is 9.59 Å². The molecular formula is C18H17ClO2. The number of hydrogen-bond donors (Lipinski definition) is 0. The molecule has 21 heavy (non-hydrogen) atoms. The maximum atomic E-state index is 12.8. The quantitative estimate of drug-likeness (QED) is 0.609. The zero-order chi connectivity index (χ0) is 15.6. The van der Waals surface area contributed by atoms with Crippen molar-refractivity contribution in [2.24, 2.45) is 0 Å². The maximum absolute atomic E-state index is 12.8. The second-order valence-electron chi connectivity index (χ2n) is 5.95. The van der Waals surface area contributed by atoms with Crippen molar-refractivity contribution in [2.75, 3.05) is 0 Å². The SMILES string of the molecule is CC(C)(C)c1ccccc1C(=O)c1cccc(C=O)c1Cl. The van der Waals surface area contributed by atoms with Crippen LogP contribution in [0.1, 0.15) is 52.6 Å². The Kier molecular flexibility index (Phi) is 4.29. The van der Waals surface area contributed by atoms with E-state index in [0.717, 1.165) is 5.56 Å². The van der Waals surface area contributed by atoms with E-state index in [4.69, 9.17) is 11.6 Å². The number of carbonyl (C=O) groups is 2. The zero-order valence-electron chi connectivity index (χ0n) is 12.3. The first kappa shape index (κ1) is 15.5. The Labute approximate surface area is 129 Å². The van der Waals surface area contributed by atoms with E-state index in [0.29, 0.717) is 23.0 Å². The van der Waals surface area contributed by atoms with Crippen LogP contribution in [-0.2, 0) is 5.41 Å². The molecule has 2 aromatic rings. The van der Waals surface area contributed by atoms with E-state index in [-0.39, 0.29) is 16.2 Å². The lowest BCUT2D eigenvalue weighted by Crippen LogP contribution is -2.17. The molecule has 0 spiro atoms. The molecule has 0 heterocycles. The van der Waals surface area contributed by atoms with E-state index < -0.39 is 0 Å². The van der Waals surface area contributed by atoms with Crippen molar-refractivity contribution in [1.82, 2.24) is 0 Å². The summed E-state index contributed by atoms with van der Waals surface area (Å²) in [4.78, 5) is 23.8. The normalized spacial score (nSPS) is 11.2. The van der Waals surface area contributed by atoms with Gasteiger partial charge in [0.2, 0.25) is 0 Å². The van der Waals surface area contributed by atoms with Gasteiger partial charge in [0.1, 0.15) is 0 Å². The van der Waals surface area contributed by atoms with Gasteiger partial charge in [-0.05, 0) is 17.0 Å². The highest BCUT2D eigenvalue weighted by atomic mass is 35.5. The van der Waals surface area contributed by atoms with Gasteiger partial charge in [0.15, 0.2) is 12.1 Å². The Hall–Kier alpha value is -1.93. The molecule has 0 bridgehead atoms. The molecule has 0 unspecified atom stereocenters. The summed E-state index contributed by atoms with van der Waals surface area (Å²) in [6.45, 7) is 6.17. The van der Waals surface area contributed by atoms with E-state index in [2.05, 4.69) is 20.8 Å². The molecule has 0 amide bonds. The van der Waals surface area contributed by atoms with Crippen molar-refractivity contribution in [1.29, 1.82) is 0 Å². The van der Waals surface area contributed by atoms with Gasteiger partial charge in [-0.1, -0.05) is 68.8 Å². The van der Waals surface area contributed by atoms with Gasteiger partial charge in [-0.3, -0.25) is 9.59 Å². The average molecular weight is 301 g/mol. The van der Waals surface area contributed by atoms with Gasteiger partial charge in [-0.25, -0.2) is 0 Å². The van der Waals surface area contributed by atoms with Crippen molar-refractivity contribution < 1.29 is 9.59 Å². The number of aldehydes is 1. The van der Waals surface area contributed by atoms with Crippen LogP contribution in [0.15, 0.2) is 42.5 Å². The Morgan fingerprint density at radius 1 is 1.00 bits per heavy atom. The van der Waals surface area contributed by atoms with Gasteiger partial charge in [-0.15, -0.1) is 0 Å². The number of halogens is 1. The molecule has 108 valence electrons. The molecule has 0 aliphatic rings. The van der Waals surface area contributed by atoms with Crippen LogP contribution < -0.4 is 0 Å². The summed E-state index contributed by atoms with van der Waals surface area (Å²) in [5.41, 5.74) is 2.12. The Bertz CT molecular complexity index is 697. The van der Waals surface area contributed by atoms with Crippen LogP contribution in [0.2, 0.25) is 5.02 Å². The molecule has 0 aromatic heterocycles. The highest BCUT2D eigenvalue weighted by Gasteiger charge is 2.23. The molecule has 0 fully saturated rings. The zero-order valence-corrected chi connectivity index (χ0v) is 13.1. The largest absolute Gasteiger partial charge is 0.298 e. The number of hydrogen-bond acceptors (Lipinski definition) is 2. The number of ketones is 1. The van der Waals surface area contributed by atoms with Gasteiger partial charge in [-0.2, -0.15) is 0 Å². The Morgan fingerprint density at radius 3 is 2.24 bits per heavy atom. The van der Waals surface area contributed by atoms with E-state index in [1.54, 1.807) is 24.3 Å². The second-order valence-corrected chi connectivity index (χ2v) is 6.33. The highest BCUT2D eigenvalue weighted by molar-refractivity contribution is 6.37. The van der Waals surface area contributed by atoms with Crippen LogP contribution >= 0.6 is 11.6 Å². The van der Waals surface area contributed by atoms with Gasteiger partial charge >= 0.3 is 0 Å². The molecule has 2 rings (SSSR count). The van der Waals surface area contributed by atoms with Crippen molar-refractivity contribution in [3.05, 3.63) is 69.7 Å². The minimum atomic E-state index is -0.158. The first-order chi connectivity index (χ1) is 9.86. The highest BCUT2D eigenvalue weighted by Crippen LogP contribution is 2.29. The third kappa shape index (κ3) is 3.06. The maximum Gasteiger partial charge on any atom is 0.194 e. The molecule has 0 aliphatic heterocycles. The molecule has 0 N–H and O–H groups in total. The molecule has 0 radical (unpaired) electrons. The van der Waals surface area contributed by atoms with E-state index >= 15 is 0 Å². The Balaban J connectivity index is 2.59. The fourth-order valence-electron chi connectivity index (χ4n) is 2.30. The fourth-order valence-corrected chi connectivity index (χ4v) is 2.55. The third-order valence-corrected chi connectivity index (χ3v) is 3.80. The van der Waals surface area contributed by atoms with Crippen molar-refractivity contribution in [3.8, 4) is 0 Å². The lowest BCUT2D eigenvalue weighted by atomic mass is 9.82. The van der Waals surface area contributed by atoms with Crippen molar-refractivity contribution in [3.63, 3.8) is 0 Å². The summed E-state index contributed by atoms with van der Waals surface area (Å²) in [6, 6.07) is 12.4. The fraction of sp³-hybridized carbons (Fsp3) is 0.222. The van der Waals surface area contributed by atoms with Crippen LogP contribution in [0.3, 0.4) is 0 Å². The minimum absolute atomic E-state index is 0.152. The molecule has 2 aromatic carbocycles. The van der Waals surface area contributed by atoms with Crippen LogP contribution in [0.5, 0.6) is 0 Å². The molecule has 0 aliphatic carbocycles. The monoisotopic (exact) mass is 300 g/mol. The standard InChI is InChI=1S/C18H17ClO2/c1-18(2,3)15-10-5-4-8-13(15)17(21)14-9-6-7-12(11-20)16(14)19/h4-11H,1-3H3. The lowest BCUT2D eigenvalue weighted by Gasteiger charge is -2.22. The van der Waals surface area contributed by atoms with E-state index in [1.165, 1.54) is 0 Å². The van der Waals surface area contributed by atoms with E-state index in [1.807, 2.05) is 18.2 Å². The summed E-state index contributed by atoms with van der Waals surface area (Å²) in [6.07, 6.45) is 0.661. The minimum Gasteiger partial charge on any atom is -0.298 e. The predicted octanol–water partition coefficient (Wildman–Crippen LogP) is 4.68. The molecule has 3 heteroatoms. The van der Waals surface area contributed by atoms with Crippen LogP contribution in [-0.4, -0.2) is 12.1 Å². The number of carbonyl (C=O) groups excluding carboxylic acids is 2. The Morgan fingerprint density at radius 2 is 1.62 bits per heavy atom. The van der Waals surface area contributed by atoms with Crippen LogP contribution in [0.4, 0.5) is 0 Å². The van der Waals surface area contributed by atoms with Crippen molar-refractivity contribution >= 4 is 23.7 Å². The molecule has 0 saturated carbocycles. The smallest absolute Gasteiger partial charge is 0.194 e. The molecule has 2 nitrogen and oxygen atoms in total. The summed E-state index contributed by atoms with van der Waals surface area (Å²) in [5, 5.41) is 0.209. The first-order valence-electron chi connectivity index (χ1n) is 6.74. The number of benzene rings is 2. The third-order valence-electron chi connectivity index (χ3n) is 3.38. The summed E-state index contributed by atoms with van der Waals surface area (Å²) in [7, 11) is 0. The van der Waals surface area contributed by atoms with Gasteiger partial charge in [0, 0.05) is 16.7 Å². The van der Waals surface area contributed by atoms with Crippen LogP contribution in [0.25, 0.3) is 0 Å². The topological polar surface area (TPSA) is 34.1 Å². The summed E-state index contributed by atoms with van der Waals surface area (Å²) >= 11 is 6.17. The second kappa shape index (κ2) is 5.82. The lowest BCUT2D eigenvalue weighted by molar-refractivity contribution is 0.103. The van der Waals surface area contributed by atoms with Gasteiger partial charge in [0.05, 0.1) is 5.02 Å². The first-order valence-corrected chi connectivity index (χ1v) is 7.12. The molecular weight excluding hydrogens is 284 g/mol. The summed E-state index contributed by atoms with van der Waals surface area (Å²) < 4.78 is 0. The predicted molar refractivity (Wildman–Crippen MR) is 85.4 cm³/mol. The molecule has 0 atom stereocenters. The summed E-state index contributed by atoms with van der Waals surface area (Å²) in [5.74, 6) is -0.158. The van der Waals surface area contributed by atoms with Gasteiger partial charge < -0.3 is 0 Å². The molecule has 0 saturated heterocycles. The average Bonchev–Trinajstić information content (AvgIpc) is 2.46. The number of rotatable bonds is 3.